The normalized spacial score (nSPS) is 14.0. The number of carbonyl (C=O) groups is 3. The van der Waals surface area contributed by atoms with Gasteiger partial charge in [0.2, 0.25) is 0 Å². The molecule has 0 atom stereocenters. The number of carbonyl (C=O) groups excluding carboxylic acids is 3. The summed E-state index contributed by atoms with van der Waals surface area (Å²) in [6.07, 6.45) is 1.49. The van der Waals surface area contributed by atoms with Crippen LogP contribution in [-0.2, 0) is 9.59 Å². The summed E-state index contributed by atoms with van der Waals surface area (Å²) in [6, 6.07) is 6.76. The molecule has 0 aliphatic carbocycles. The van der Waals surface area contributed by atoms with Crippen LogP contribution in [0, 0.1) is 20.8 Å². The van der Waals surface area contributed by atoms with Crippen molar-refractivity contribution in [3.05, 3.63) is 57.9 Å². The quantitative estimate of drug-likeness (QED) is 0.462. The molecule has 0 bridgehead atoms. The number of benzene rings is 1. The third-order valence-corrected chi connectivity index (χ3v) is 4.68. The van der Waals surface area contributed by atoms with Crippen LogP contribution in [0.25, 0.3) is 11.8 Å². The minimum atomic E-state index is -1.24. The monoisotopic (exact) mass is 382 g/mol. The van der Waals surface area contributed by atoms with Crippen LogP contribution in [0.3, 0.4) is 0 Å². The molecule has 8 heteroatoms. The SMILES string of the molecule is Cc1c(C(=O)[O-])cccc1-n1c(C)cc(C=C2C(=O)NC(=S)NC2=O)c1C. The third kappa shape index (κ3) is 3.26. The van der Waals surface area contributed by atoms with Crippen molar-refractivity contribution in [2.45, 2.75) is 20.8 Å². The fourth-order valence-corrected chi connectivity index (χ4v) is 3.34. The Bertz CT molecular complexity index is 1030. The fourth-order valence-electron chi connectivity index (χ4n) is 3.15. The third-order valence-electron chi connectivity index (χ3n) is 4.48. The van der Waals surface area contributed by atoms with Crippen LogP contribution >= 0.6 is 12.2 Å². The molecule has 2 amide bonds. The van der Waals surface area contributed by atoms with E-state index in [1.807, 2.05) is 24.5 Å². The average Bonchev–Trinajstić information content (AvgIpc) is 2.85. The van der Waals surface area contributed by atoms with E-state index in [0.29, 0.717) is 16.8 Å². The Morgan fingerprint density at radius 3 is 2.37 bits per heavy atom. The smallest absolute Gasteiger partial charge is 0.263 e. The molecule has 27 heavy (non-hydrogen) atoms. The zero-order chi connectivity index (χ0) is 19.9. The van der Waals surface area contributed by atoms with E-state index < -0.39 is 17.8 Å². The zero-order valence-electron chi connectivity index (χ0n) is 14.9. The Morgan fingerprint density at radius 2 is 1.78 bits per heavy atom. The number of hydrogen-bond donors (Lipinski definition) is 2. The van der Waals surface area contributed by atoms with Gasteiger partial charge in [0.1, 0.15) is 5.57 Å². The maximum absolute atomic E-state index is 12.1. The van der Waals surface area contributed by atoms with Gasteiger partial charge >= 0.3 is 0 Å². The van der Waals surface area contributed by atoms with Crippen molar-refractivity contribution >= 4 is 41.2 Å². The molecule has 0 radical (unpaired) electrons. The number of nitrogens with one attached hydrogen (secondary N) is 2. The summed E-state index contributed by atoms with van der Waals surface area (Å²) in [5.74, 6) is -2.38. The van der Waals surface area contributed by atoms with E-state index in [-0.39, 0.29) is 16.2 Å². The maximum Gasteiger partial charge on any atom is 0.263 e. The zero-order valence-corrected chi connectivity index (χ0v) is 15.7. The standard InChI is InChI=1S/C19H17N3O4S/c1-9-7-12(8-14-16(23)20-19(27)21-17(14)24)11(3)22(9)15-6-4-5-13(10(15)2)18(25)26/h4-8H,1-3H3,(H,25,26)(H2,20,21,23,24,27)/p-1. The molecule has 0 saturated carbocycles. The Labute approximate surface area is 160 Å². The van der Waals surface area contributed by atoms with E-state index >= 15 is 0 Å². The molecular weight excluding hydrogens is 366 g/mol. The number of nitrogens with zero attached hydrogens (tertiary/aromatic N) is 1. The van der Waals surface area contributed by atoms with Crippen LogP contribution in [0.4, 0.5) is 0 Å². The van der Waals surface area contributed by atoms with Crippen molar-refractivity contribution in [1.29, 1.82) is 0 Å². The van der Waals surface area contributed by atoms with Crippen LogP contribution < -0.4 is 15.7 Å². The van der Waals surface area contributed by atoms with Gasteiger partial charge in [-0.2, -0.15) is 0 Å². The Kier molecular flexibility index (Phi) is 4.67. The number of aromatic nitrogens is 1. The first-order valence-corrected chi connectivity index (χ1v) is 8.50. The molecule has 7 nitrogen and oxygen atoms in total. The number of thiocarbonyl (C=S) groups is 1. The second-order valence-electron chi connectivity index (χ2n) is 6.19. The topological polar surface area (TPSA) is 103 Å². The minimum Gasteiger partial charge on any atom is -0.545 e. The lowest BCUT2D eigenvalue weighted by molar-refractivity contribution is -0.255. The first-order chi connectivity index (χ1) is 12.7. The van der Waals surface area contributed by atoms with Gasteiger partial charge in [-0.15, -0.1) is 0 Å². The van der Waals surface area contributed by atoms with E-state index in [1.54, 1.807) is 19.1 Å². The van der Waals surface area contributed by atoms with Crippen molar-refractivity contribution in [3.8, 4) is 5.69 Å². The van der Waals surface area contributed by atoms with Crippen molar-refractivity contribution in [1.82, 2.24) is 15.2 Å². The molecule has 1 fully saturated rings. The van der Waals surface area contributed by atoms with Crippen molar-refractivity contribution in [2.24, 2.45) is 0 Å². The predicted octanol–water partition coefficient (Wildman–Crippen LogP) is 0.680. The number of rotatable bonds is 3. The summed E-state index contributed by atoms with van der Waals surface area (Å²) in [5.41, 5.74) is 3.56. The summed E-state index contributed by atoms with van der Waals surface area (Å²) < 4.78 is 1.87. The molecule has 138 valence electrons. The molecule has 3 rings (SSSR count). The summed E-state index contributed by atoms with van der Waals surface area (Å²) >= 11 is 4.79. The van der Waals surface area contributed by atoms with Gasteiger partial charge in [0, 0.05) is 22.6 Å². The molecule has 2 heterocycles. The lowest BCUT2D eigenvalue weighted by Crippen LogP contribution is -2.51. The van der Waals surface area contributed by atoms with Gasteiger partial charge in [0.15, 0.2) is 5.11 Å². The van der Waals surface area contributed by atoms with E-state index in [2.05, 4.69) is 10.6 Å². The highest BCUT2D eigenvalue weighted by Crippen LogP contribution is 2.26. The van der Waals surface area contributed by atoms with E-state index in [0.717, 1.165) is 11.4 Å². The number of aromatic carboxylic acids is 1. The number of aryl methyl sites for hydroxylation is 1. The van der Waals surface area contributed by atoms with Gasteiger partial charge in [-0.1, -0.05) is 12.1 Å². The average molecular weight is 382 g/mol. The molecule has 1 aliphatic rings. The van der Waals surface area contributed by atoms with Gasteiger partial charge in [0.05, 0.1) is 5.97 Å². The first kappa shape index (κ1) is 18.5. The summed E-state index contributed by atoms with van der Waals surface area (Å²) in [4.78, 5) is 35.4. The highest BCUT2D eigenvalue weighted by molar-refractivity contribution is 7.80. The van der Waals surface area contributed by atoms with Crippen molar-refractivity contribution in [3.63, 3.8) is 0 Å². The Balaban J connectivity index is 2.12. The summed E-state index contributed by atoms with van der Waals surface area (Å²) in [6.45, 7) is 5.39. The molecule has 0 unspecified atom stereocenters. The van der Waals surface area contributed by atoms with Crippen LogP contribution in [0.1, 0.15) is 32.9 Å². The Hall–Kier alpha value is -3.26. The summed E-state index contributed by atoms with van der Waals surface area (Å²) in [7, 11) is 0. The predicted molar refractivity (Wildman–Crippen MR) is 101 cm³/mol. The van der Waals surface area contributed by atoms with Crippen LogP contribution in [0.5, 0.6) is 0 Å². The molecule has 1 aromatic heterocycles. The molecule has 1 saturated heterocycles. The maximum atomic E-state index is 12.1. The summed E-state index contributed by atoms with van der Waals surface area (Å²) in [5, 5.41) is 16.1. The van der Waals surface area contributed by atoms with Crippen LogP contribution in [0.15, 0.2) is 29.8 Å². The number of hydrogen-bond acceptors (Lipinski definition) is 5. The van der Waals surface area contributed by atoms with Crippen LogP contribution in [0.2, 0.25) is 0 Å². The molecule has 2 N–H and O–H groups in total. The number of carboxylic acids is 1. The van der Waals surface area contributed by atoms with E-state index in [1.165, 1.54) is 12.1 Å². The first-order valence-electron chi connectivity index (χ1n) is 8.09. The molecular formula is C19H16N3O4S-. The Morgan fingerprint density at radius 1 is 1.15 bits per heavy atom. The van der Waals surface area contributed by atoms with Gasteiger partial charge in [0.25, 0.3) is 11.8 Å². The molecule has 1 aliphatic heterocycles. The second kappa shape index (κ2) is 6.81. The second-order valence-corrected chi connectivity index (χ2v) is 6.60. The van der Waals surface area contributed by atoms with Gasteiger partial charge in [-0.25, -0.2) is 0 Å². The van der Waals surface area contributed by atoms with Gasteiger partial charge in [-0.3, -0.25) is 20.2 Å². The fraction of sp³-hybridized carbons (Fsp3) is 0.158. The van der Waals surface area contributed by atoms with E-state index in [9.17, 15) is 19.5 Å². The lowest BCUT2D eigenvalue weighted by Gasteiger charge is -2.17. The molecule has 1 aromatic carbocycles. The van der Waals surface area contributed by atoms with Gasteiger partial charge < -0.3 is 14.5 Å². The number of amides is 2. The number of carboxylic acid groups (broad SMARTS) is 1. The largest absolute Gasteiger partial charge is 0.545 e. The van der Waals surface area contributed by atoms with Crippen LogP contribution in [-0.4, -0.2) is 27.5 Å². The van der Waals surface area contributed by atoms with E-state index in [4.69, 9.17) is 12.2 Å². The lowest BCUT2D eigenvalue weighted by atomic mass is 10.1. The minimum absolute atomic E-state index is 0.0256. The molecule has 2 aromatic rings. The van der Waals surface area contributed by atoms with Gasteiger partial charge in [-0.05, 0) is 62.3 Å². The molecule has 0 spiro atoms. The van der Waals surface area contributed by atoms with Crippen molar-refractivity contribution in [2.75, 3.05) is 0 Å². The van der Waals surface area contributed by atoms with Crippen molar-refractivity contribution < 1.29 is 19.5 Å². The highest BCUT2D eigenvalue weighted by atomic mass is 32.1. The highest BCUT2D eigenvalue weighted by Gasteiger charge is 2.26.